The predicted octanol–water partition coefficient (Wildman–Crippen LogP) is 2.73. The molecular formula is C19H22N2O2. The van der Waals surface area contributed by atoms with Gasteiger partial charge in [0.15, 0.2) is 0 Å². The van der Waals surface area contributed by atoms with Gasteiger partial charge in [0.1, 0.15) is 12.4 Å². The lowest BCUT2D eigenvalue weighted by molar-refractivity contribution is 0.0933. The van der Waals surface area contributed by atoms with Crippen molar-refractivity contribution >= 4 is 5.91 Å². The predicted molar refractivity (Wildman–Crippen MR) is 90.2 cm³/mol. The van der Waals surface area contributed by atoms with E-state index in [2.05, 4.69) is 5.32 Å². The summed E-state index contributed by atoms with van der Waals surface area (Å²) in [5, 5.41) is 3.03. The van der Waals surface area contributed by atoms with Crippen molar-refractivity contribution in [1.82, 2.24) is 5.32 Å². The highest BCUT2D eigenvalue weighted by molar-refractivity contribution is 5.94. The standard InChI is InChI=1S/C19H22N2O2/c20-12-18(15-10-11-15)21-19(22)16-8-6-14(7-9-16)13-23-17-4-2-1-3-5-17/h1-9,15,18H,10-13,20H2,(H,21,22). The van der Waals surface area contributed by atoms with Gasteiger partial charge in [-0.3, -0.25) is 4.79 Å². The molecule has 0 heterocycles. The molecule has 0 bridgehead atoms. The van der Waals surface area contributed by atoms with Gasteiger partial charge in [-0.1, -0.05) is 30.3 Å². The van der Waals surface area contributed by atoms with E-state index < -0.39 is 0 Å². The van der Waals surface area contributed by atoms with Gasteiger partial charge >= 0.3 is 0 Å². The van der Waals surface area contributed by atoms with Gasteiger partial charge in [0, 0.05) is 18.2 Å². The highest BCUT2D eigenvalue weighted by atomic mass is 16.5. The fourth-order valence-corrected chi connectivity index (χ4v) is 2.56. The number of carbonyl (C=O) groups is 1. The van der Waals surface area contributed by atoms with E-state index in [9.17, 15) is 4.79 Å². The first-order valence-corrected chi connectivity index (χ1v) is 8.04. The van der Waals surface area contributed by atoms with Crippen molar-refractivity contribution in [3.8, 4) is 5.75 Å². The molecule has 0 aromatic heterocycles. The van der Waals surface area contributed by atoms with E-state index in [-0.39, 0.29) is 11.9 Å². The third-order valence-electron chi connectivity index (χ3n) is 4.13. The normalized spacial score (nSPS) is 15.0. The summed E-state index contributed by atoms with van der Waals surface area (Å²) in [6.07, 6.45) is 2.33. The zero-order valence-corrected chi connectivity index (χ0v) is 13.1. The third-order valence-corrected chi connectivity index (χ3v) is 4.13. The number of rotatable bonds is 7. The Morgan fingerprint density at radius 2 is 1.83 bits per heavy atom. The summed E-state index contributed by atoms with van der Waals surface area (Å²) in [5.41, 5.74) is 7.42. The van der Waals surface area contributed by atoms with Crippen molar-refractivity contribution in [2.45, 2.75) is 25.5 Å². The monoisotopic (exact) mass is 310 g/mol. The number of hydrogen-bond donors (Lipinski definition) is 2. The molecule has 1 atom stereocenters. The van der Waals surface area contributed by atoms with Crippen molar-refractivity contribution < 1.29 is 9.53 Å². The Kier molecular flexibility index (Phi) is 4.93. The molecule has 4 nitrogen and oxygen atoms in total. The second-order valence-corrected chi connectivity index (χ2v) is 5.95. The topological polar surface area (TPSA) is 64.3 Å². The van der Waals surface area contributed by atoms with E-state index in [0.717, 1.165) is 24.2 Å². The number of amides is 1. The molecule has 0 aliphatic heterocycles. The Morgan fingerprint density at radius 3 is 2.43 bits per heavy atom. The minimum atomic E-state index is -0.0529. The van der Waals surface area contributed by atoms with Crippen LogP contribution in [0, 0.1) is 5.92 Å². The van der Waals surface area contributed by atoms with Crippen LogP contribution >= 0.6 is 0 Å². The molecule has 4 heteroatoms. The third kappa shape index (κ3) is 4.33. The van der Waals surface area contributed by atoms with Crippen molar-refractivity contribution in [2.75, 3.05) is 6.54 Å². The molecule has 2 aromatic rings. The van der Waals surface area contributed by atoms with Gasteiger partial charge in [-0.05, 0) is 48.6 Å². The summed E-state index contributed by atoms with van der Waals surface area (Å²) in [6, 6.07) is 17.3. The largest absolute Gasteiger partial charge is 0.489 e. The molecule has 3 N–H and O–H groups in total. The second kappa shape index (κ2) is 7.29. The van der Waals surface area contributed by atoms with Crippen LogP contribution in [0.25, 0.3) is 0 Å². The maximum absolute atomic E-state index is 12.2. The van der Waals surface area contributed by atoms with E-state index in [1.165, 1.54) is 0 Å². The Hall–Kier alpha value is -2.33. The highest BCUT2D eigenvalue weighted by Crippen LogP contribution is 2.32. The summed E-state index contributed by atoms with van der Waals surface area (Å²) in [7, 11) is 0. The van der Waals surface area contributed by atoms with Gasteiger partial charge in [0.2, 0.25) is 0 Å². The second-order valence-electron chi connectivity index (χ2n) is 5.95. The van der Waals surface area contributed by atoms with Crippen molar-refractivity contribution in [3.05, 3.63) is 65.7 Å². The molecule has 120 valence electrons. The summed E-state index contributed by atoms with van der Waals surface area (Å²) < 4.78 is 5.70. The van der Waals surface area contributed by atoms with Gasteiger partial charge in [-0.25, -0.2) is 0 Å². The van der Waals surface area contributed by atoms with Gasteiger partial charge in [-0.15, -0.1) is 0 Å². The van der Waals surface area contributed by atoms with Crippen molar-refractivity contribution in [1.29, 1.82) is 0 Å². The van der Waals surface area contributed by atoms with E-state index in [1.54, 1.807) is 0 Å². The van der Waals surface area contributed by atoms with Gasteiger partial charge in [-0.2, -0.15) is 0 Å². The molecule has 1 saturated carbocycles. The Labute approximate surface area is 136 Å². The lowest BCUT2D eigenvalue weighted by atomic mass is 10.1. The van der Waals surface area contributed by atoms with Crippen LogP contribution in [0.15, 0.2) is 54.6 Å². The van der Waals surface area contributed by atoms with E-state index in [4.69, 9.17) is 10.5 Å². The SMILES string of the molecule is NCC(NC(=O)c1ccc(COc2ccccc2)cc1)C1CC1. The molecule has 0 radical (unpaired) electrons. The number of benzene rings is 2. The molecular weight excluding hydrogens is 288 g/mol. The Morgan fingerprint density at radius 1 is 1.13 bits per heavy atom. The number of carbonyl (C=O) groups excluding carboxylic acids is 1. The summed E-state index contributed by atoms with van der Waals surface area (Å²) in [4.78, 5) is 12.2. The first kappa shape index (κ1) is 15.6. The zero-order chi connectivity index (χ0) is 16.1. The maximum Gasteiger partial charge on any atom is 0.251 e. The Balaban J connectivity index is 1.54. The van der Waals surface area contributed by atoms with Gasteiger partial charge in [0.25, 0.3) is 5.91 Å². The quantitative estimate of drug-likeness (QED) is 0.826. The summed E-state index contributed by atoms with van der Waals surface area (Å²) in [5.74, 6) is 1.34. The van der Waals surface area contributed by atoms with Crippen LogP contribution in [0.1, 0.15) is 28.8 Å². The lowest BCUT2D eigenvalue weighted by Gasteiger charge is -2.16. The zero-order valence-electron chi connectivity index (χ0n) is 13.1. The maximum atomic E-state index is 12.2. The molecule has 23 heavy (non-hydrogen) atoms. The van der Waals surface area contributed by atoms with Crippen LogP contribution in [0.5, 0.6) is 5.75 Å². The number of hydrogen-bond acceptors (Lipinski definition) is 3. The molecule has 3 rings (SSSR count). The van der Waals surface area contributed by atoms with Gasteiger partial charge < -0.3 is 15.8 Å². The first-order chi connectivity index (χ1) is 11.3. The average Bonchev–Trinajstić information content (AvgIpc) is 3.44. The van der Waals surface area contributed by atoms with Crippen molar-refractivity contribution in [2.24, 2.45) is 11.7 Å². The summed E-state index contributed by atoms with van der Waals surface area (Å²) in [6.45, 7) is 0.985. The molecule has 0 spiro atoms. The van der Waals surface area contributed by atoms with Crippen LogP contribution < -0.4 is 15.8 Å². The van der Waals surface area contributed by atoms with Crippen LogP contribution in [0.3, 0.4) is 0 Å². The number of nitrogens with two attached hydrogens (primary N) is 1. The molecule has 2 aromatic carbocycles. The fourth-order valence-electron chi connectivity index (χ4n) is 2.56. The summed E-state index contributed by atoms with van der Waals surface area (Å²) >= 11 is 0. The van der Waals surface area contributed by atoms with Crippen LogP contribution in [-0.4, -0.2) is 18.5 Å². The highest BCUT2D eigenvalue weighted by Gasteiger charge is 2.31. The number of para-hydroxylation sites is 1. The molecule has 1 amide bonds. The minimum Gasteiger partial charge on any atom is -0.489 e. The fraction of sp³-hybridized carbons (Fsp3) is 0.316. The van der Waals surface area contributed by atoms with E-state index >= 15 is 0 Å². The van der Waals surface area contributed by atoms with E-state index in [0.29, 0.717) is 24.6 Å². The smallest absolute Gasteiger partial charge is 0.251 e. The van der Waals surface area contributed by atoms with Crippen LogP contribution in [0.2, 0.25) is 0 Å². The van der Waals surface area contributed by atoms with E-state index in [1.807, 2.05) is 54.6 Å². The number of nitrogens with one attached hydrogen (secondary N) is 1. The number of ether oxygens (including phenoxy) is 1. The first-order valence-electron chi connectivity index (χ1n) is 8.04. The lowest BCUT2D eigenvalue weighted by Crippen LogP contribution is -2.41. The van der Waals surface area contributed by atoms with Crippen molar-refractivity contribution in [3.63, 3.8) is 0 Å². The molecule has 1 aliphatic carbocycles. The average molecular weight is 310 g/mol. The molecule has 1 unspecified atom stereocenters. The van der Waals surface area contributed by atoms with Gasteiger partial charge in [0.05, 0.1) is 0 Å². The molecule has 0 saturated heterocycles. The van der Waals surface area contributed by atoms with Crippen LogP contribution in [0.4, 0.5) is 0 Å². The molecule has 1 aliphatic rings. The minimum absolute atomic E-state index is 0.0529. The van der Waals surface area contributed by atoms with Crippen LogP contribution in [-0.2, 0) is 6.61 Å². The Bertz CT molecular complexity index is 636. The molecule has 1 fully saturated rings.